The van der Waals surface area contributed by atoms with E-state index < -0.39 is 5.97 Å². The molecule has 0 spiro atoms. The summed E-state index contributed by atoms with van der Waals surface area (Å²) in [4.78, 5) is 25.3. The van der Waals surface area contributed by atoms with Gasteiger partial charge >= 0.3 is 5.97 Å². The third-order valence-electron chi connectivity index (χ3n) is 3.31. The largest absolute Gasteiger partial charge is 0.478 e. The van der Waals surface area contributed by atoms with Gasteiger partial charge in [-0.25, -0.2) is 4.79 Å². The van der Waals surface area contributed by atoms with Gasteiger partial charge in [-0.05, 0) is 35.9 Å². The van der Waals surface area contributed by atoms with Crippen LogP contribution in [0.4, 0.5) is 5.69 Å². The van der Waals surface area contributed by atoms with Gasteiger partial charge in [0, 0.05) is 10.2 Å². The van der Waals surface area contributed by atoms with Crippen LogP contribution in [0, 0.1) is 0 Å². The molecule has 3 rings (SSSR count). The summed E-state index contributed by atoms with van der Waals surface area (Å²) in [7, 11) is 0. The lowest BCUT2D eigenvalue weighted by molar-refractivity contribution is 0.0692. The SMILES string of the molecule is O=C(O)c1cccc2c1C(=O)N(c1ccc(Br)cc1)C2. The van der Waals surface area contributed by atoms with Gasteiger partial charge in [-0.3, -0.25) is 4.79 Å². The van der Waals surface area contributed by atoms with E-state index in [2.05, 4.69) is 15.9 Å². The van der Waals surface area contributed by atoms with Gasteiger partial charge in [-0.15, -0.1) is 0 Å². The number of hydrogen-bond acceptors (Lipinski definition) is 2. The predicted octanol–water partition coefficient (Wildman–Crippen LogP) is 3.31. The van der Waals surface area contributed by atoms with Crippen LogP contribution in [0.15, 0.2) is 46.9 Å². The van der Waals surface area contributed by atoms with E-state index >= 15 is 0 Å². The number of benzene rings is 2. The Morgan fingerprint density at radius 2 is 1.85 bits per heavy atom. The van der Waals surface area contributed by atoms with Gasteiger partial charge in [0.25, 0.3) is 5.91 Å². The zero-order valence-corrected chi connectivity index (χ0v) is 11.9. The minimum Gasteiger partial charge on any atom is -0.478 e. The molecule has 0 saturated carbocycles. The van der Waals surface area contributed by atoms with Gasteiger partial charge in [0.15, 0.2) is 0 Å². The summed E-state index contributed by atoms with van der Waals surface area (Å²) >= 11 is 3.35. The Morgan fingerprint density at radius 1 is 1.15 bits per heavy atom. The number of fused-ring (bicyclic) bond motifs is 1. The smallest absolute Gasteiger partial charge is 0.336 e. The number of aromatic carboxylic acids is 1. The second-order valence-corrected chi connectivity index (χ2v) is 5.43. The molecule has 0 unspecified atom stereocenters. The summed E-state index contributed by atoms with van der Waals surface area (Å²) in [5.74, 6) is -1.34. The van der Waals surface area contributed by atoms with E-state index in [1.54, 1.807) is 17.0 Å². The first-order valence-electron chi connectivity index (χ1n) is 6.00. The number of amides is 1. The Hall–Kier alpha value is -2.14. The Kier molecular flexibility index (Phi) is 3.06. The molecule has 2 aromatic rings. The maximum atomic E-state index is 12.5. The Labute approximate surface area is 123 Å². The zero-order chi connectivity index (χ0) is 14.3. The zero-order valence-electron chi connectivity index (χ0n) is 10.3. The molecule has 1 heterocycles. The van der Waals surface area contributed by atoms with Crippen molar-refractivity contribution in [2.24, 2.45) is 0 Å². The maximum Gasteiger partial charge on any atom is 0.336 e. The van der Waals surface area contributed by atoms with Crippen LogP contribution >= 0.6 is 15.9 Å². The molecule has 1 amide bonds. The van der Waals surface area contributed by atoms with E-state index in [0.29, 0.717) is 12.1 Å². The number of nitrogens with zero attached hydrogens (tertiary/aromatic N) is 1. The lowest BCUT2D eigenvalue weighted by atomic mass is 10.0. The number of anilines is 1. The first-order chi connectivity index (χ1) is 9.58. The molecule has 0 fully saturated rings. The van der Waals surface area contributed by atoms with E-state index in [1.165, 1.54) is 6.07 Å². The van der Waals surface area contributed by atoms with Crippen molar-refractivity contribution >= 4 is 33.5 Å². The maximum absolute atomic E-state index is 12.5. The molecule has 2 aromatic carbocycles. The van der Waals surface area contributed by atoms with Gasteiger partial charge in [-0.1, -0.05) is 28.1 Å². The highest BCUT2D eigenvalue weighted by Gasteiger charge is 2.32. The quantitative estimate of drug-likeness (QED) is 0.918. The molecule has 0 atom stereocenters. The van der Waals surface area contributed by atoms with Gasteiger partial charge in [0.05, 0.1) is 17.7 Å². The standard InChI is InChI=1S/C15H10BrNO3/c16-10-4-6-11(7-5-10)17-8-9-2-1-3-12(15(19)20)13(9)14(17)18/h1-7H,8H2,(H,19,20). The van der Waals surface area contributed by atoms with Gasteiger partial charge in [0.2, 0.25) is 0 Å². The number of carbonyl (C=O) groups excluding carboxylic acids is 1. The molecule has 0 bridgehead atoms. The molecular weight excluding hydrogens is 322 g/mol. The van der Waals surface area contributed by atoms with E-state index in [4.69, 9.17) is 0 Å². The van der Waals surface area contributed by atoms with Crippen molar-refractivity contribution in [3.63, 3.8) is 0 Å². The van der Waals surface area contributed by atoms with Crippen molar-refractivity contribution in [1.82, 2.24) is 0 Å². The second kappa shape index (κ2) is 4.76. The first-order valence-corrected chi connectivity index (χ1v) is 6.80. The van der Waals surface area contributed by atoms with E-state index in [1.807, 2.05) is 24.3 Å². The number of carbonyl (C=O) groups is 2. The van der Waals surface area contributed by atoms with Crippen molar-refractivity contribution < 1.29 is 14.7 Å². The molecule has 1 N–H and O–H groups in total. The van der Waals surface area contributed by atoms with Crippen LogP contribution in [0.25, 0.3) is 0 Å². The molecule has 4 nitrogen and oxygen atoms in total. The molecule has 0 aliphatic carbocycles. The molecule has 1 aliphatic rings. The van der Waals surface area contributed by atoms with Crippen molar-refractivity contribution in [1.29, 1.82) is 0 Å². The number of rotatable bonds is 2. The van der Waals surface area contributed by atoms with Gasteiger partial charge < -0.3 is 10.0 Å². The number of halogens is 1. The molecule has 0 radical (unpaired) electrons. The molecule has 20 heavy (non-hydrogen) atoms. The van der Waals surface area contributed by atoms with E-state index in [-0.39, 0.29) is 11.5 Å². The van der Waals surface area contributed by atoms with Crippen LogP contribution in [-0.4, -0.2) is 17.0 Å². The topological polar surface area (TPSA) is 57.6 Å². The highest BCUT2D eigenvalue weighted by molar-refractivity contribution is 9.10. The van der Waals surface area contributed by atoms with Crippen LogP contribution in [-0.2, 0) is 6.54 Å². The fourth-order valence-corrected chi connectivity index (χ4v) is 2.63. The van der Waals surface area contributed by atoms with Crippen molar-refractivity contribution in [2.75, 3.05) is 4.90 Å². The van der Waals surface area contributed by atoms with Crippen molar-refractivity contribution in [2.45, 2.75) is 6.54 Å². The van der Waals surface area contributed by atoms with E-state index in [9.17, 15) is 14.7 Å². The normalized spacial score (nSPS) is 13.4. The van der Waals surface area contributed by atoms with E-state index in [0.717, 1.165) is 15.7 Å². The number of carboxylic acid groups (broad SMARTS) is 1. The molecular formula is C15H10BrNO3. The highest BCUT2D eigenvalue weighted by atomic mass is 79.9. The summed E-state index contributed by atoms with van der Waals surface area (Å²) in [6, 6.07) is 12.3. The van der Waals surface area contributed by atoms with Crippen molar-refractivity contribution in [3.8, 4) is 0 Å². The van der Waals surface area contributed by atoms with Crippen LogP contribution in [0.1, 0.15) is 26.3 Å². The van der Waals surface area contributed by atoms with Crippen molar-refractivity contribution in [3.05, 3.63) is 63.6 Å². The highest BCUT2D eigenvalue weighted by Crippen LogP contribution is 2.31. The lowest BCUT2D eigenvalue weighted by Crippen LogP contribution is -2.23. The van der Waals surface area contributed by atoms with Gasteiger partial charge in [0.1, 0.15) is 0 Å². The van der Waals surface area contributed by atoms with Crippen LogP contribution < -0.4 is 4.90 Å². The van der Waals surface area contributed by atoms with Crippen LogP contribution in [0.3, 0.4) is 0 Å². The predicted molar refractivity (Wildman–Crippen MR) is 78.1 cm³/mol. The summed E-state index contributed by atoms with van der Waals surface area (Å²) in [5.41, 5.74) is 1.86. The molecule has 1 aliphatic heterocycles. The third kappa shape index (κ3) is 2.00. The first kappa shape index (κ1) is 12.9. The summed E-state index contributed by atoms with van der Waals surface area (Å²) in [6.07, 6.45) is 0. The number of hydrogen-bond donors (Lipinski definition) is 1. The fourth-order valence-electron chi connectivity index (χ4n) is 2.37. The number of carboxylic acids is 1. The lowest BCUT2D eigenvalue weighted by Gasteiger charge is -2.15. The average Bonchev–Trinajstić information content (AvgIpc) is 2.77. The molecule has 0 aromatic heterocycles. The Balaban J connectivity index is 2.05. The average molecular weight is 332 g/mol. The fraction of sp³-hybridized carbons (Fsp3) is 0.0667. The van der Waals surface area contributed by atoms with Gasteiger partial charge in [-0.2, -0.15) is 0 Å². The summed E-state index contributed by atoms with van der Waals surface area (Å²) < 4.78 is 0.927. The van der Waals surface area contributed by atoms with Crippen LogP contribution in [0.2, 0.25) is 0 Å². The second-order valence-electron chi connectivity index (χ2n) is 4.51. The minimum atomic E-state index is -1.08. The van der Waals surface area contributed by atoms with Crippen LogP contribution in [0.5, 0.6) is 0 Å². The molecule has 100 valence electrons. The Morgan fingerprint density at radius 3 is 2.50 bits per heavy atom. The summed E-state index contributed by atoms with van der Waals surface area (Å²) in [5, 5.41) is 9.18. The Bertz CT molecular complexity index is 710. The summed E-state index contributed by atoms with van der Waals surface area (Å²) in [6.45, 7) is 0.400. The molecule has 0 saturated heterocycles. The third-order valence-corrected chi connectivity index (χ3v) is 3.84. The minimum absolute atomic E-state index is 0.0621. The monoisotopic (exact) mass is 331 g/mol. The molecule has 5 heteroatoms.